The van der Waals surface area contributed by atoms with Gasteiger partial charge >= 0.3 is 11.9 Å². The van der Waals surface area contributed by atoms with Crippen LogP contribution in [0.2, 0.25) is 0 Å². The van der Waals surface area contributed by atoms with Crippen molar-refractivity contribution < 1.29 is 19.8 Å². The van der Waals surface area contributed by atoms with Gasteiger partial charge in [0.15, 0.2) is 5.92 Å². The molecule has 0 aromatic heterocycles. The van der Waals surface area contributed by atoms with Crippen LogP contribution in [-0.4, -0.2) is 22.2 Å². The van der Waals surface area contributed by atoms with E-state index in [-0.39, 0.29) is 6.42 Å². The fourth-order valence-electron chi connectivity index (χ4n) is 2.09. The van der Waals surface area contributed by atoms with Crippen LogP contribution in [0, 0.1) is 11.8 Å². The van der Waals surface area contributed by atoms with Crippen molar-refractivity contribution in [3.05, 3.63) is 12.2 Å². The Balaban J connectivity index is 2.36. The molecule has 0 aliphatic heterocycles. The molecule has 0 saturated heterocycles. The monoisotopic (exact) mass is 226 g/mol. The average Bonchev–Trinajstić information content (AvgIpc) is 2.45. The second-order valence-electron chi connectivity index (χ2n) is 4.30. The second kappa shape index (κ2) is 6.30. The number of allylic oxidation sites excluding steroid dienone is 2. The number of carbonyl (C=O) groups is 2. The molecule has 0 amide bonds. The van der Waals surface area contributed by atoms with E-state index >= 15 is 0 Å². The highest BCUT2D eigenvalue weighted by Gasteiger charge is 2.26. The third-order valence-corrected chi connectivity index (χ3v) is 3.11. The van der Waals surface area contributed by atoms with E-state index < -0.39 is 17.9 Å². The van der Waals surface area contributed by atoms with E-state index in [1.807, 2.05) is 0 Å². The van der Waals surface area contributed by atoms with Gasteiger partial charge in [-0.15, -0.1) is 0 Å². The smallest absolute Gasteiger partial charge is 0.317 e. The summed E-state index contributed by atoms with van der Waals surface area (Å²) in [7, 11) is 0. The van der Waals surface area contributed by atoms with Gasteiger partial charge in [0.2, 0.25) is 0 Å². The quantitative estimate of drug-likeness (QED) is 0.557. The van der Waals surface area contributed by atoms with Crippen LogP contribution < -0.4 is 0 Å². The molecule has 0 heterocycles. The molecule has 1 rings (SSSR count). The molecule has 1 aliphatic carbocycles. The molecule has 0 aromatic rings. The maximum Gasteiger partial charge on any atom is 0.317 e. The van der Waals surface area contributed by atoms with Crippen LogP contribution in [0.3, 0.4) is 0 Å². The fourth-order valence-corrected chi connectivity index (χ4v) is 2.09. The van der Waals surface area contributed by atoms with Crippen LogP contribution >= 0.6 is 0 Å². The zero-order valence-corrected chi connectivity index (χ0v) is 9.26. The number of rotatable bonds is 5. The molecule has 0 aromatic carbocycles. The average molecular weight is 226 g/mol. The van der Waals surface area contributed by atoms with Gasteiger partial charge in [-0.05, 0) is 44.4 Å². The molecule has 0 spiro atoms. The van der Waals surface area contributed by atoms with Gasteiger partial charge in [0.05, 0.1) is 0 Å². The molecule has 1 aliphatic rings. The van der Waals surface area contributed by atoms with Crippen LogP contribution in [-0.2, 0) is 9.59 Å². The summed E-state index contributed by atoms with van der Waals surface area (Å²) in [4.78, 5) is 21.4. The summed E-state index contributed by atoms with van der Waals surface area (Å²) in [5, 5.41) is 17.5. The van der Waals surface area contributed by atoms with Gasteiger partial charge in [-0.3, -0.25) is 9.59 Å². The minimum absolute atomic E-state index is 0.245. The lowest BCUT2D eigenvalue weighted by atomic mass is 9.90. The number of carboxylic acid groups (broad SMARTS) is 2. The number of hydrogen-bond donors (Lipinski definition) is 2. The highest BCUT2D eigenvalue weighted by Crippen LogP contribution is 2.25. The number of carboxylic acids is 2. The van der Waals surface area contributed by atoms with E-state index in [9.17, 15) is 9.59 Å². The maximum absolute atomic E-state index is 10.7. The van der Waals surface area contributed by atoms with Crippen LogP contribution in [0.25, 0.3) is 0 Å². The minimum atomic E-state index is -1.24. The molecule has 4 heteroatoms. The van der Waals surface area contributed by atoms with Crippen molar-refractivity contribution in [2.24, 2.45) is 11.8 Å². The molecular weight excluding hydrogens is 208 g/mol. The van der Waals surface area contributed by atoms with Crippen molar-refractivity contribution in [3.8, 4) is 0 Å². The first kappa shape index (κ1) is 12.7. The highest BCUT2D eigenvalue weighted by molar-refractivity contribution is 5.92. The Morgan fingerprint density at radius 2 is 1.62 bits per heavy atom. The van der Waals surface area contributed by atoms with Gasteiger partial charge in [-0.1, -0.05) is 12.2 Å². The summed E-state index contributed by atoms with van der Waals surface area (Å²) in [5.41, 5.74) is 0. The van der Waals surface area contributed by atoms with Gasteiger partial charge in [-0.2, -0.15) is 0 Å². The minimum Gasteiger partial charge on any atom is -0.481 e. The number of aliphatic carboxylic acids is 2. The van der Waals surface area contributed by atoms with Gasteiger partial charge < -0.3 is 10.2 Å². The van der Waals surface area contributed by atoms with Crippen molar-refractivity contribution >= 4 is 11.9 Å². The van der Waals surface area contributed by atoms with E-state index in [1.54, 1.807) is 0 Å². The normalized spacial score (nSPS) is 17.3. The molecule has 0 saturated carbocycles. The maximum atomic E-state index is 10.7. The van der Waals surface area contributed by atoms with Gasteiger partial charge in [0, 0.05) is 0 Å². The van der Waals surface area contributed by atoms with Crippen LogP contribution in [0.1, 0.15) is 38.5 Å². The van der Waals surface area contributed by atoms with Crippen LogP contribution in [0.5, 0.6) is 0 Å². The Hall–Kier alpha value is -1.32. The molecule has 0 bridgehead atoms. The van der Waals surface area contributed by atoms with Crippen molar-refractivity contribution in [1.29, 1.82) is 0 Å². The third-order valence-electron chi connectivity index (χ3n) is 3.11. The topological polar surface area (TPSA) is 74.6 Å². The summed E-state index contributed by atoms with van der Waals surface area (Å²) in [5.74, 6) is -3.22. The molecular formula is C12H18O4. The zero-order valence-electron chi connectivity index (χ0n) is 9.26. The number of hydrogen-bond acceptors (Lipinski definition) is 2. The predicted octanol–water partition coefficient (Wildman–Crippen LogP) is 2.30. The molecule has 0 radical (unpaired) electrons. The zero-order chi connectivity index (χ0) is 12.0. The van der Waals surface area contributed by atoms with Crippen molar-refractivity contribution in [1.82, 2.24) is 0 Å². The van der Waals surface area contributed by atoms with E-state index in [2.05, 4.69) is 12.2 Å². The predicted molar refractivity (Wildman–Crippen MR) is 59.1 cm³/mol. The van der Waals surface area contributed by atoms with Gasteiger partial charge in [0.1, 0.15) is 0 Å². The van der Waals surface area contributed by atoms with Gasteiger partial charge in [-0.25, -0.2) is 0 Å². The Morgan fingerprint density at radius 3 is 2.06 bits per heavy atom. The summed E-state index contributed by atoms with van der Waals surface area (Å²) in [6, 6.07) is 0. The standard InChI is InChI=1S/C12H18O4/c13-11(14)10(12(15)16)8-7-9-5-3-1-2-4-6-9/h1-2,9-10H,3-8H2,(H,13,14)(H,15,16). The first-order chi connectivity index (χ1) is 7.61. The van der Waals surface area contributed by atoms with E-state index in [0.29, 0.717) is 12.3 Å². The first-order valence-corrected chi connectivity index (χ1v) is 5.72. The third kappa shape index (κ3) is 4.04. The molecule has 0 atom stereocenters. The molecule has 2 N–H and O–H groups in total. The van der Waals surface area contributed by atoms with Crippen LogP contribution in [0.4, 0.5) is 0 Å². The van der Waals surface area contributed by atoms with Crippen molar-refractivity contribution in [3.63, 3.8) is 0 Å². The second-order valence-corrected chi connectivity index (χ2v) is 4.30. The summed E-state index contributed by atoms with van der Waals surface area (Å²) < 4.78 is 0. The lowest BCUT2D eigenvalue weighted by Gasteiger charge is -2.15. The summed E-state index contributed by atoms with van der Waals surface area (Å²) in [6.07, 6.45) is 9.37. The summed E-state index contributed by atoms with van der Waals surface area (Å²) in [6.45, 7) is 0. The van der Waals surface area contributed by atoms with E-state index in [4.69, 9.17) is 10.2 Å². The molecule has 16 heavy (non-hydrogen) atoms. The first-order valence-electron chi connectivity index (χ1n) is 5.72. The molecule has 4 nitrogen and oxygen atoms in total. The molecule has 0 fully saturated rings. The SMILES string of the molecule is O=C(O)C(CCC1CCC=CCC1)C(=O)O. The molecule has 90 valence electrons. The highest BCUT2D eigenvalue weighted by atomic mass is 16.4. The Labute approximate surface area is 95.0 Å². The van der Waals surface area contributed by atoms with E-state index in [0.717, 1.165) is 25.7 Å². The Bertz CT molecular complexity index is 259. The van der Waals surface area contributed by atoms with Crippen molar-refractivity contribution in [2.45, 2.75) is 38.5 Å². The lowest BCUT2D eigenvalue weighted by molar-refractivity contribution is -0.154. The van der Waals surface area contributed by atoms with Gasteiger partial charge in [0.25, 0.3) is 0 Å². The Morgan fingerprint density at radius 1 is 1.12 bits per heavy atom. The van der Waals surface area contributed by atoms with Crippen LogP contribution in [0.15, 0.2) is 12.2 Å². The molecule has 0 unspecified atom stereocenters. The fraction of sp³-hybridized carbons (Fsp3) is 0.667. The van der Waals surface area contributed by atoms with Crippen molar-refractivity contribution in [2.75, 3.05) is 0 Å². The largest absolute Gasteiger partial charge is 0.481 e. The van der Waals surface area contributed by atoms with E-state index in [1.165, 1.54) is 0 Å². The lowest BCUT2D eigenvalue weighted by Crippen LogP contribution is -2.24. The summed E-state index contributed by atoms with van der Waals surface area (Å²) >= 11 is 0. The Kier molecular flexibility index (Phi) is 5.02.